The molecule has 0 aliphatic rings. The van der Waals surface area contributed by atoms with Gasteiger partial charge in [-0.2, -0.15) is 4.91 Å². The highest BCUT2D eigenvalue weighted by Gasteiger charge is 1.89. The first-order chi connectivity index (χ1) is 5.83. The Hall–Kier alpha value is -1.58. The van der Waals surface area contributed by atoms with Gasteiger partial charge in [0.25, 0.3) is 0 Å². The Morgan fingerprint density at radius 1 is 1.33 bits per heavy atom. The summed E-state index contributed by atoms with van der Waals surface area (Å²) in [5.74, 6) is 0. The number of hydrogen-bond donors (Lipinski definition) is 2. The summed E-state index contributed by atoms with van der Waals surface area (Å²) in [6.45, 7) is 0.845. The predicted octanol–water partition coefficient (Wildman–Crippen LogP) is 1.45. The molecule has 0 saturated heterocycles. The summed E-state index contributed by atoms with van der Waals surface area (Å²) in [5.41, 5.74) is 7.17. The molecule has 0 saturated carbocycles. The smallest absolute Gasteiger partial charge is 0.0983 e. The van der Waals surface area contributed by atoms with Crippen LogP contribution >= 0.6 is 0 Å². The first-order valence-electron chi connectivity index (χ1n) is 3.71. The molecule has 4 heteroatoms. The minimum atomic E-state index is 0.282. The fraction of sp³-hybridized carbons (Fsp3) is 0.250. The van der Waals surface area contributed by atoms with Crippen molar-refractivity contribution in [3.63, 3.8) is 0 Å². The van der Waals surface area contributed by atoms with Crippen LogP contribution in [0.25, 0.3) is 0 Å². The van der Waals surface area contributed by atoms with Crippen LogP contribution in [0, 0.1) is 4.91 Å². The Kier molecular flexibility index (Phi) is 3.07. The maximum Gasteiger partial charge on any atom is 0.0983 e. The lowest BCUT2D eigenvalue weighted by Crippen LogP contribution is -2.03. The molecule has 12 heavy (non-hydrogen) atoms. The molecule has 3 N–H and O–H groups in total. The van der Waals surface area contributed by atoms with Crippen molar-refractivity contribution in [2.45, 2.75) is 0 Å². The van der Waals surface area contributed by atoms with E-state index in [1.165, 1.54) is 0 Å². The van der Waals surface area contributed by atoms with Crippen LogP contribution in [-0.2, 0) is 0 Å². The van der Waals surface area contributed by atoms with E-state index in [0.29, 0.717) is 6.54 Å². The van der Waals surface area contributed by atoms with Gasteiger partial charge in [-0.25, -0.2) is 0 Å². The molecule has 0 atom stereocenters. The van der Waals surface area contributed by atoms with Gasteiger partial charge in [0.15, 0.2) is 0 Å². The largest absolute Gasteiger partial charge is 0.399 e. The lowest BCUT2D eigenvalue weighted by atomic mass is 10.3. The maximum atomic E-state index is 9.74. The Morgan fingerprint density at radius 2 is 2.00 bits per heavy atom. The zero-order chi connectivity index (χ0) is 8.81. The van der Waals surface area contributed by atoms with E-state index in [0.717, 1.165) is 11.4 Å². The van der Waals surface area contributed by atoms with Crippen LogP contribution in [0.4, 0.5) is 11.4 Å². The third-order valence-electron chi connectivity index (χ3n) is 1.44. The Morgan fingerprint density at radius 3 is 2.58 bits per heavy atom. The SMILES string of the molecule is Nc1ccc(NCCN=O)cc1. The van der Waals surface area contributed by atoms with E-state index in [2.05, 4.69) is 10.5 Å². The van der Waals surface area contributed by atoms with Crippen LogP contribution in [-0.4, -0.2) is 13.1 Å². The van der Waals surface area contributed by atoms with Crippen molar-refractivity contribution in [3.05, 3.63) is 29.2 Å². The summed E-state index contributed by atoms with van der Waals surface area (Å²) >= 11 is 0. The number of nitrogens with two attached hydrogens (primary N) is 1. The van der Waals surface area contributed by atoms with Gasteiger partial charge in [-0.1, -0.05) is 5.18 Å². The number of hydrogen-bond acceptors (Lipinski definition) is 4. The average molecular weight is 165 g/mol. The highest BCUT2D eigenvalue weighted by atomic mass is 16.3. The molecule has 0 unspecified atom stereocenters. The van der Waals surface area contributed by atoms with Crippen molar-refractivity contribution < 1.29 is 0 Å². The molecule has 1 aromatic rings. The minimum absolute atomic E-state index is 0.282. The van der Waals surface area contributed by atoms with Crippen molar-refractivity contribution in [1.29, 1.82) is 0 Å². The molecule has 0 radical (unpaired) electrons. The van der Waals surface area contributed by atoms with Crippen molar-refractivity contribution in [1.82, 2.24) is 0 Å². The quantitative estimate of drug-likeness (QED) is 0.403. The number of nitrogens with one attached hydrogen (secondary N) is 1. The van der Waals surface area contributed by atoms with Crippen molar-refractivity contribution in [2.75, 3.05) is 24.1 Å². The van der Waals surface area contributed by atoms with Crippen LogP contribution in [0.5, 0.6) is 0 Å². The van der Waals surface area contributed by atoms with E-state index in [9.17, 15) is 4.91 Å². The maximum absolute atomic E-state index is 9.74. The van der Waals surface area contributed by atoms with Gasteiger partial charge in [-0.15, -0.1) is 0 Å². The molecule has 0 aliphatic heterocycles. The van der Waals surface area contributed by atoms with E-state index in [4.69, 9.17) is 5.73 Å². The molecule has 0 amide bonds. The molecule has 0 aliphatic carbocycles. The summed E-state index contributed by atoms with van der Waals surface area (Å²) < 4.78 is 0. The third kappa shape index (κ3) is 2.57. The molecule has 0 aromatic heterocycles. The van der Waals surface area contributed by atoms with Gasteiger partial charge in [0.1, 0.15) is 0 Å². The predicted molar refractivity (Wildman–Crippen MR) is 50.0 cm³/mol. The molecule has 1 aromatic carbocycles. The van der Waals surface area contributed by atoms with Gasteiger partial charge < -0.3 is 11.1 Å². The van der Waals surface area contributed by atoms with E-state index in [1.54, 1.807) is 12.1 Å². The fourth-order valence-electron chi connectivity index (χ4n) is 0.847. The van der Waals surface area contributed by atoms with Crippen LogP contribution in [0.3, 0.4) is 0 Å². The van der Waals surface area contributed by atoms with Gasteiger partial charge in [-0.05, 0) is 24.3 Å². The Labute approximate surface area is 70.7 Å². The summed E-state index contributed by atoms with van der Waals surface area (Å²) in [6.07, 6.45) is 0. The molecule has 0 heterocycles. The van der Waals surface area contributed by atoms with Crippen LogP contribution in [0.15, 0.2) is 29.4 Å². The molecule has 1 rings (SSSR count). The van der Waals surface area contributed by atoms with Gasteiger partial charge in [0, 0.05) is 17.9 Å². The number of nitrogen functional groups attached to an aromatic ring is 1. The number of rotatable bonds is 4. The van der Waals surface area contributed by atoms with Gasteiger partial charge in [-0.3, -0.25) is 0 Å². The monoisotopic (exact) mass is 165 g/mol. The normalized spacial score (nSPS) is 9.33. The van der Waals surface area contributed by atoms with Crippen LogP contribution in [0.2, 0.25) is 0 Å². The first-order valence-corrected chi connectivity index (χ1v) is 3.71. The van der Waals surface area contributed by atoms with Gasteiger partial charge in [0.2, 0.25) is 0 Å². The standard InChI is InChI=1S/C8H11N3O/c9-7-1-3-8(4-2-7)10-5-6-11-12/h1-4,10H,5-6,9H2. The second-order valence-electron chi connectivity index (χ2n) is 2.40. The number of nitrogens with zero attached hydrogens (tertiary/aromatic N) is 1. The van der Waals surface area contributed by atoms with Crippen molar-refractivity contribution in [2.24, 2.45) is 5.18 Å². The third-order valence-corrected chi connectivity index (χ3v) is 1.44. The molecule has 0 fully saturated rings. The Bertz CT molecular complexity index is 245. The topological polar surface area (TPSA) is 67.5 Å². The zero-order valence-electron chi connectivity index (χ0n) is 6.66. The summed E-state index contributed by atoms with van der Waals surface area (Å²) in [6, 6.07) is 7.33. The number of anilines is 2. The highest BCUT2D eigenvalue weighted by Crippen LogP contribution is 2.09. The summed E-state index contributed by atoms with van der Waals surface area (Å²) in [5, 5.41) is 5.75. The van der Waals surface area contributed by atoms with E-state index in [1.807, 2.05) is 12.1 Å². The molecular formula is C8H11N3O. The molecular weight excluding hydrogens is 154 g/mol. The van der Waals surface area contributed by atoms with Crippen molar-refractivity contribution >= 4 is 11.4 Å². The van der Waals surface area contributed by atoms with E-state index < -0.39 is 0 Å². The Balaban J connectivity index is 2.42. The van der Waals surface area contributed by atoms with Crippen molar-refractivity contribution in [3.8, 4) is 0 Å². The second-order valence-corrected chi connectivity index (χ2v) is 2.40. The lowest BCUT2D eigenvalue weighted by Gasteiger charge is -2.02. The first kappa shape index (κ1) is 8.52. The fourth-order valence-corrected chi connectivity index (χ4v) is 0.847. The second kappa shape index (κ2) is 4.33. The molecule has 0 bridgehead atoms. The molecule has 4 nitrogen and oxygen atoms in total. The lowest BCUT2D eigenvalue weighted by molar-refractivity contribution is 1.01. The summed E-state index contributed by atoms with van der Waals surface area (Å²) in [4.78, 5) is 9.74. The molecule has 64 valence electrons. The van der Waals surface area contributed by atoms with Crippen LogP contribution in [0.1, 0.15) is 0 Å². The highest BCUT2D eigenvalue weighted by molar-refractivity contribution is 5.51. The number of benzene rings is 1. The van der Waals surface area contributed by atoms with E-state index >= 15 is 0 Å². The minimum Gasteiger partial charge on any atom is -0.399 e. The zero-order valence-corrected chi connectivity index (χ0v) is 6.66. The number of nitroso groups, excluding NO2 is 1. The average Bonchev–Trinajstić information content (AvgIpc) is 2.09. The van der Waals surface area contributed by atoms with Gasteiger partial charge >= 0.3 is 0 Å². The van der Waals surface area contributed by atoms with Gasteiger partial charge in [0.05, 0.1) is 6.54 Å². The van der Waals surface area contributed by atoms with E-state index in [-0.39, 0.29) is 6.54 Å². The van der Waals surface area contributed by atoms with Crippen LogP contribution < -0.4 is 11.1 Å². The summed E-state index contributed by atoms with van der Waals surface area (Å²) in [7, 11) is 0. The molecule has 0 spiro atoms.